The molecule has 57 heavy (non-hydrogen) atoms. The van der Waals surface area contributed by atoms with Crippen molar-refractivity contribution >= 4 is 36.2 Å². The molecule has 0 spiro atoms. The number of alkyl carbamates (subject to hydrolysis) is 3. The Morgan fingerprint density at radius 2 is 1.04 bits per heavy atom. The van der Waals surface area contributed by atoms with Crippen LogP contribution in [0.25, 0.3) is 0 Å². The number of benzene rings is 3. The van der Waals surface area contributed by atoms with Gasteiger partial charge in [0.25, 0.3) is 0 Å². The summed E-state index contributed by atoms with van der Waals surface area (Å²) in [6, 6.07) is 26.6. The minimum atomic E-state index is -1.49. The summed E-state index contributed by atoms with van der Waals surface area (Å²) in [7, 11) is 0. The van der Waals surface area contributed by atoms with Gasteiger partial charge in [0.05, 0.1) is 0 Å². The van der Waals surface area contributed by atoms with Gasteiger partial charge in [0.15, 0.2) is 30.4 Å². The number of esters is 3. The molecule has 2 saturated heterocycles. The summed E-state index contributed by atoms with van der Waals surface area (Å²) in [6.07, 6.45) is -9.07. The highest BCUT2D eigenvalue weighted by atomic mass is 16.8. The van der Waals surface area contributed by atoms with Crippen LogP contribution in [-0.2, 0) is 76.8 Å². The highest BCUT2D eigenvalue weighted by Crippen LogP contribution is 2.40. The molecule has 2 fully saturated rings. The SMILES string of the molecule is CC1(C)O[C@H]2O[C@H]([C@H](COC(=O)CNC(=O)OCc3ccccc3)OC(=O)CNC(=O)OCc3ccccc3)[C@@H](OC(=O)CNC(=O)OCc3ccccc3)[C@@H]2O1. The standard InChI is InChI=1S/C39H43N3O15/c1-39(2)56-34-33(54-31(45)20-42-38(48)52-23-27-16-10-5-11-17-27)32(55-35(34)57-39)28(53-30(44)19-41-37(47)51-22-26-14-8-4-9-15-26)24-49-29(43)18-40-36(46)50-21-25-12-6-3-7-13-25/h3-17,28,32-35H,18-24H2,1-2H3,(H,40,46)(H,41,47)(H,42,48)/t28-,32+,33+,34-,35+/m0/s1. The van der Waals surface area contributed by atoms with E-state index in [9.17, 15) is 28.8 Å². The average Bonchev–Trinajstić information content (AvgIpc) is 3.69. The quantitative estimate of drug-likeness (QED) is 0.132. The number of carbonyl (C=O) groups excluding carboxylic acids is 6. The van der Waals surface area contributed by atoms with E-state index < -0.39 is 98.9 Å². The van der Waals surface area contributed by atoms with Gasteiger partial charge in [-0.2, -0.15) is 0 Å². The fraction of sp³-hybridized carbons (Fsp3) is 0.385. The Morgan fingerprint density at radius 3 is 1.51 bits per heavy atom. The maximum absolute atomic E-state index is 13.1. The van der Waals surface area contributed by atoms with Crippen molar-refractivity contribution in [3.05, 3.63) is 108 Å². The Kier molecular flexibility index (Phi) is 15.2. The van der Waals surface area contributed by atoms with Crippen LogP contribution in [0.2, 0.25) is 0 Å². The lowest BCUT2D eigenvalue weighted by Crippen LogP contribution is -2.49. The molecule has 2 heterocycles. The van der Waals surface area contributed by atoms with E-state index in [-0.39, 0.29) is 19.8 Å². The summed E-state index contributed by atoms with van der Waals surface area (Å²) in [5.41, 5.74) is 2.17. The Hall–Kier alpha value is -6.24. The van der Waals surface area contributed by atoms with E-state index in [1.807, 2.05) is 12.1 Å². The van der Waals surface area contributed by atoms with Gasteiger partial charge in [0.1, 0.15) is 52.2 Å². The molecule has 0 aromatic heterocycles. The van der Waals surface area contributed by atoms with Crippen LogP contribution < -0.4 is 16.0 Å². The molecule has 0 bridgehead atoms. The normalized spacial score (nSPS) is 19.5. The molecule has 0 saturated carbocycles. The van der Waals surface area contributed by atoms with Gasteiger partial charge in [-0.25, -0.2) is 14.4 Å². The topological polar surface area (TPSA) is 222 Å². The summed E-state index contributed by atoms with van der Waals surface area (Å²) in [4.78, 5) is 75.7. The fourth-order valence-corrected chi connectivity index (χ4v) is 5.52. The summed E-state index contributed by atoms with van der Waals surface area (Å²) >= 11 is 0. The van der Waals surface area contributed by atoms with Crippen LogP contribution in [0.15, 0.2) is 91.0 Å². The van der Waals surface area contributed by atoms with Crippen LogP contribution in [0.3, 0.4) is 0 Å². The first-order chi connectivity index (χ1) is 27.4. The Morgan fingerprint density at radius 1 is 0.596 bits per heavy atom. The number of fused-ring (bicyclic) bond motifs is 1. The fourth-order valence-electron chi connectivity index (χ4n) is 5.52. The molecule has 3 amide bonds. The van der Waals surface area contributed by atoms with Gasteiger partial charge in [-0.05, 0) is 30.5 Å². The summed E-state index contributed by atoms with van der Waals surface area (Å²) in [5, 5.41) is 6.86. The molecular weight excluding hydrogens is 750 g/mol. The molecule has 3 aromatic rings. The third-order valence-corrected chi connectivity index (χ3v) is 8.12. The van der Waals surface area contributed by atoms with Gasteiger partial charge in [0, 0.05) is 0 Å². The molecule has 0 radical (unpaired) electrons. The molecule has 3 aromatic carbocycles. The van der Waals surface area contributed by atoms with Gasteiger partial charge >= 0.3 is 36.2 Å². The number of ether oxygens (including phenoxy) is 9. The van der Waals surface area contributed by atoms with Crippen molar-refractivity contribution in [2.75, 3.05) is 26.2 Å². The predicted octanol–water partition coefficient (Wildman–Crippen LogP) is 3.01. The number of amides is 3. The monoisotopic (exact) mass is 793 g/mol. The Labute approximate surface area is 327 Å². The predicted molar refractivity (Wildman–Crippen MR) is 193 cm³/mol. The number of rotatable bonds is 17. The van der Waals surface area contributed by atoms with Crippen LogP contribution in [0, 0.1) is 0 Å². The molecule has 2 aliphatic rings. The number of hydrogen-bond acceptors (Lipinski definition) is 15. The second kappa shape index (κ2) is 20.6. The van der Waals surface area contributed by atoms with Gasteiger partial charge in [0.2, 0.25) is 0 Å². The zero-order valence-electron chi connectivity index (χ0n) is 31.1. The first-order valence-corrected chi connectivity index (χ1v) is 17.8. The lowest BCUT2D eigenvalue weighted by molar-refractivity contribution is -0.234. The van der Waals surface area contributed by atoms with Crippen molar-refractivity contribution < 1.29 is 71.4 Å². The van der Waals surface area contributed by atoms with Gasteiger partial charge in [-0.3, -0.25) is 14.4 Å². The molecular formula is C39H43N3O15. The zero-order chi connectivity index (χ0) is 40.6. The van der Waals surface area contributed by atoms with Gasteiger partial charge in [-0.1, -0.05) is 91.0 Å². The van der Waals surface area contributed by atoms with Crippen LogP contribution >= 0.6 is 0 Å². The smallest absolute Gasteiger partial charge is 0.407 e. The van der Waals surface area contributed by atoms with E-state index in [1.165, 1.54) is 0 Å². The van der Waals surface area contributed by atoms with Gasteiger partial charge < -0.3 is 58.6 Å². The maximum Gasteiger partial charge on any atom is 0.407 e. The largest absolute Gasteiger partial charge is 0.460 e. The third-order valence-electron chi connectivity index (χ3n) is 8.12. The lowest BCUT2D eigenvalue weighted by Gasteiger charge is -2.30. The van der Waals surface area contributed by atoms with Crippen molar-refractivity contribution in [3.63, 3.8) is 0 Å². The second-order valence-corrected chi connectivity index (χ2v) is 13.0. The highest BCUT2D eigenvalue weighted by Gasteiger charge is 2.59. The molecule has 5 atom stereocenters. The summed E-state index contributed by atoms with van der Waals surface area (Å²) < 4.78 is 49.8. The molecule has 18 nitrogen and oxygen atoms in total. The summed E-state index contributed by atoms with van der Waals surface area (Å²) in [6.45, 7) is 0.473. The van der Waals surface area contributed by atoms with Crippen molar-refractivity contribution in [3.8, 4) is 0 Å². The number of carbonyl (C=O) groups is 6. The average molecular weight is 794 g/mol. The molecule has 18 heteroatoms. The van der Waals surface area contributed by atoms with E-state index in [2.05, 4.69) is 16.0 Å². The van der Waals surface area contributed by atoms with Crippen LogP contribution in [0.1, 0.15) is 30.5 Å². The molecule has 3 N–H and O–H groups in total. The minimum Gasteiger partial charge on any atom is -0.460 e. The summed E-state index contributed by atoms with van der Waals surface area (Å²) in [5.74, 6) is -4.07. The number of nitrogens with one attached hydrogen (secondary N) is 3. The second-order valence-electron chi connectivity index (χ2n) is 13.0. The van der Waals surface area contributed by atoms with E-state index in [0.29, 0.717) is 5.56 Å². The Bertz CT molecular complexity index is 1810. The third kappa shape index (κ3) is 13.8. The zero-order valence-corrected chi connectivity index (χ0v) is 31.1. The van der Waals surface area contributed by atoms with Crippen LogP contribution in [-0.4, -0.2) is 98.9 Å². The molecule has 0 unspecified atom stereocenters. The van der Waals surface area contributed by atoms with Crippen LogP contribution in [0.4, 0.5) is 14.4 Å². The van der Waals surface area contributed by atoms with E-state index in [4.69, 9.17) is 42.6 Å². The molecule has 2 aliphatic heterocycles. The van der Waals surface area contributed by atoms with Crippen molar-refractivity contribution in [2.24, 2.45) is 0 Å². The molecule has 5 rings (SSSR count). The maximum atomic E-state index is 13.1. The van der Waals surface area contributed by atoms with Crippen molar-refractivity contribution in [2.45, 2.75) is 70.2 Å². The first kappa shape index (κ1) is 41.9. The van der Waals surface area contributed by atoms with Crippen molar-refractivity contribution in [1.29, 1.82) is 0 Å². The minimum absolute atomic E-state index is 0.0413. The lowest BCUT2D eigenvalue weighted by atomic mass is 10.1. The van der Waals surface area contributed by atoms with E-state index in [0.717, 1.165) is 11.1 Å². The van der Waals surface area contributed by atoms with Crippen molar-refractivity contribution in [1.82, 2.24) is 16.0 Å². The van der Waals surface area contributed by atoms with Crippen LogP contribution in [0.5, 0.6) is 0 Å². The Balaban J connectivity index is 1.20. The molecule has 0 aliphatic carbocycles. The van der Waals surface area contributed by atoms with Gasteiger partial charge in [-0.15, -0.1) is 0 Å². The highest BCUT2D eigenvalue weighted by molar-refractivity contribution is 5.79. The van der Waals surface area contributed by atoms with E-state index >= 15 is 0 Å². The first-order valence-electron chi connectivity index (χ1n) is 17.8. The van der Waals surface area contributed by atoms with E-state index in [1.54, 1.807) is 92.7 Å². The molecule has 304 valence electrons. The number of hydrogen-bond donors (Lipinski definition) is 3.